The van der Waals surface area contributed by atoms with E-state index in [2.05, 4.69) is 15.2 Å². The van der Waals surface area contributed by atoms with Crippen LogP contribution in [0.2, 0.25) is 0 Å². The van der Waals surface area contributed by atoms with Crippen LogP contribution in [0.5, 0.6) is 0 Å². The number of nitrogens with one attached hydrogen (secondary N) is 1. The molecule has 0 bridgehead atoms. The summed E-state index contributed by atoms with van der Waals surface area (Å²) in [7, 11) is 0. The lowest BCUT2D eigenvalue weighted by molar-refractivity contribution is -0.127. The highest BCUT2D eigenvalue weighted by Gasteiger charge is 2.32. The first-order valence-electron chi connectivity index (χ1n) is 8.86. The standard InChI is InChI=1S/C18H27N3O3/c22-10-9-21-7-3-15(4-8-21)18(23)20-17-13-24-12-16(17)11-14-1-5-19-6-2-14/h1-2,5-6,15-17,22H,3-4,7-13H2,(H,20,23)/t16-,17+/m1/s1. The molecule has 24 heavy (non-hydrogen) atoms. The number of amides is 1. The van der Waals surface area contributed by atoms with Gasteiger partial charge in [-0.3, -0.25) is 9.78 Å². The molecular formula is C18H27N3O3. The normalized spacial score (nSPS) is 25.7. The first-order valence-corrected chi connectivity index (χ1v) is 8.86. The summed E-state index contributed by atoms with van der Waals surface area (Å²) >= 11 is 0. The molecule has 0 aromatic carbocycles. The minimum absolute atomic E-state index is 0.0853. The highest BCUT2D eigenvalue weighted by molar-refractivity contribution is 5.79. The monoisotopic (exact) mass is 333 g/mol. The molecule has 2 fully saturated rings. The Morgan fingerprint density at radius 1 is 1.29 bits per heavy atom. The summed E-state index contributed by atoms with van der Waals surface area (Å²) in [5.74, 6) is 0.571. The minimum Gasteiger partial charge on any atom is -0.395 e. The van der Waals surface area contributed by atoms with Crippen molar-refractivity contribution in [2.75, 3.05) is 39.5 Å². The largest absolute Gasteiger partial charge is 0.395 e. The molecule has 3 heterocycles. The number of hydrogen-bond acceptors (Lipinski definition) is 5. The average Bonchev–Trinajstić information content (AvgIpc) is 3.03. The van der Waals surface area contributed by atoms with Crippen molar-refractivity contribution in [1.29, 1.82) is 0 Å². The quantitative estimate of drug-likeness (QED) is 0.791. The molecule has 0 unspecified atom stereocenters. The number of aliphatic hydroxyl groups is 1. The van der Waals surface area contributed by atoms with E-state index in [1.54, 1.807) is 12.4 Å². The second-order valence-electron chi connectivity index (χ2n) is 6.81. The van der Waals surface area contributed by atoms with Crippen molar-refractivity contribution in [2.24, 2.45) is 11.8 Å². The molecule has 0 radical (unpaired) electrons. The van der Waals surface area contributed by atoms with Gasteiger partial charge in [0, 0.05) is 30.8 Å². The van der Waals surface area contributed by atoms with Gasteiger partial charge >= 0.3 is 0 Å². The second kappa shape index (κ2) is 8.55. The SMILES string of the molecule is O=C(N[C@H]1COC[C@H]1Cc1ccncc1)C1CCN(CCO)CC1. The Morgan fingerprint density at radius 2 is 2.04 bits per heavy atom. The zero-order valence-corrected chi connectivity index (χ0v) is 14.1. The Kier molecular flexibility index (Phi) is 6.18. The molecule has 0 spiro atoms. The lowest BCUT2D eigenvalue weighted by atomic mass is 9.92. The molecule has 0 saturated carbocycles. The van der Waals surface area contributed by atoms with Crippen molar-refractivity contribution >= 4 is 5.91 Å². The predicted molar refractivity (Wildman–Crippen MR) is 90.4 cm³/mol. The van der Waals surface area contributed by atoms with E-state index in [0.29, 0.717) is 25.7 Å². The summed E-state index contributed by atoms with van der Waals surface area (Å²) in [6.45, 7) is 3.97. The first kappa shape index (κ1) is 17.3. The molecule has 6 heteroatoms. The Morgan fingerprint density at radius 3 is 2.75 bits per heavy atom. The summed E-state index contributed by atoms with van der Waals surface area (Å²) in [4.78, 5) is 18.8. The topological polar surface area (TPSA) is 74.7 Å². The zero-order valence-electron chi connectivity index (χ0n) is 14.1. The Hall–Kier alpha value is -1.50. The molecular weight excluding hydrogens is 306 g/mol. The van der Waals surface area contributed by atoms with Crippen molar-refractivity contribution in [3.8, 4) is 0 Å². The van der Waals surface area contributed by atoms with Gasteiger partial charge in [-0.2, -0.15) is 0 Å². The highest BCUT2D eigenvalue weighted by Crippen LogP contribution is 2.22. The maximum atomic E-state index is 12.6. The fourth-order valence-corrected chi connectivity index (χ4v) is 3.64. The van der Waals surface area contributed by atoms with Crippen molar-refractivity contribution in [1.82, 2.24) is 15.2 Å². The van der Waals surface area contributed by atoms with Gasteiger partial charge < -0.3 is 20.1 Å². The number of ether oxygens (including phenoxy) is 1. The van der Waals surface area contributed by atoms with Gasteiger partial charge in [-0.25, -0.2) is 0 Å². The molecule has 2 aliphatic rings. The number of nitrogens with zero attached hydrogens (tertiary/aromatic N) is 2. The number of carbonyl (C=O) groups excluding carboxylic acids is 1. The third-order valence-corrected chi connectivity index (χ3v) is 5.15. The van der Waals surface area contributed by atoms with Crippen LogP contribution in [-0.2, 0) is 16.0 Å². The van der Waals surface area contributed by atoms with E-state index in [9.17, 15) is 4.79 Å². The molecule has 2 aliphatic heterocycles. The first-order chi connectivity index (χ1) is 11.8. The summed E-state index contributed by atoms with van der Waals surface area (Å²) < 4.78 is 5.61. The van der Waals surface area contributed by atoms with Crippen LogP contribution >= 0.6 is 0 Å². The van der Waals surface area contributed by atoms with E-state index in [4.69, 9.17) is 9.84 Å². The van der Waals surface area contributed by atoms with Crippen molar-refractivity contribution < 1.29 is 14.6 Å². The van der Waals surface area contributed by atoms with Crippen molar-refractivity contribution in [3.05, 3.63) is 30.1 Å². The van der Waals surface area contributed by atoms with Crippen molar-refractivity contribution in [2.45, 2.75) is 25.3 Å². The van der Waals surface area contributed by atoms with Crippen LogP contribution in [0.3, 0.4) is 0 Å². The molecule has 0 aliphatic carbocycles. The van der Waals surface area contributed by atoms with Gasteiger partial charge in [-0.1, -0.05) is 0 Å². The van der Waals surface area contributed by atoms with Gasteiger partial charge in [0.15, 0.2) is 0 Å². The zero-order chi connectivity index (χ0) is 16.8. The van der Waals surface area contributed by atoms with Crippen LogP contribution in [0.4, 0.5) is 0 Å². The van der Waals surface area contributed by atoms with Gasteiger partial charge in [0.25, 0.3) is 0 Å². The number of rotatable bonds is 6. The number of piperidine rings is 1. The molecule has 6 nitrogen and oxygen atoms in total. The predicted octanol–water partition coefficient (Wildman–Crippen LogP) is 0.460. The smallest absolute Gasteiger partial charge is 0.223 e. The van der Waals surface area contributed by atoms with E-state index in [1.807, 2.05) is 12.1 Å². The molecule has 1 amide bonds. The number of β-amino-alcohol motifs (C(OH)–C–C–N with tert-alkyl or cyclic N) is 1. The third kappa shape index (κ3) is 4.53. The van der Waals surface area contributed by atoms with Crippen LogP contribution < -0.4 is 5.32 Å². The van der Waals surface area contributed by atoms with E-state index >= 15 is 0 Å². The van der Waals surface area contributed by atoms with Gasteiger partial charge in [0.2, 0.25) is 5.91 Å². The van der Waals surface area contributed by atoms with Crippen LogP contribution in [0, 0.1) is 11.8 Å². The summed E-state index contributed by atoms with van der Waals surface area (Å²) in [6, 6.07) is 4.14. The van der Waals surface area contributed by atoms with Crippen LogP contribution in [0.25, 0.3) is 0 Å². The maximum absolute atomic E-state index is 12.6. The van der Waals surface area contributed by atoms with Crippen molar-refractivity contribution in [3.63, 3.8) is 0 Å². The number of hydrogen-bond donors (Lipinski definition) is 2. The number of likely N-dealkylation sites (tertiary alicyclic amines) is 1. The van der Waals surface area contributed by atoms with E-state index in [1.165, 1.54) is 5.56 Å². The molecule has 1 aromatic heterocycles. The minimum atomic E-state index is 0.0853. The van der Waals surface area contributed by atoms with E-state index in [0.717, 1.165) is 32.4 Å². The lowest BCUT2D eigenvalue weighted by Crippen LogP contribution is -2.46. The summed E-state index contributed by atoms with van der Waals surface area (Å²) in [6.07, 6.45) is 6.25. The summed E-state index contributed by atoms with van der Waals surface area (Å²) in [5.41, 5.74) is 1.23. The third-order valence-electron chi connectivity index (χ3n) is 5.15. The summed E-state index contributed by atoms with van der Waals surface area (Å²) in [5, 5.41) is 12.2. The number of aromatic nitrogens is 1. The Bertz CT molecular complexity index is 518. The fraction of sp³-hybridized carbons (Fsp3) is 0.667. The van der Waals surface area contributed by atoms with Crippen LogP contribution in [0.15, 0.2) is 24.5 Å². The maximum Gasteiger partial charge on any atom is 0.223 e. The molecule has 2 N–H and O–H groups in total. The molecule has 2 saturated heterocycles. The van der Waals surface area contributed by atoms with E-state index in [-0.39, 0.29) is 24.5 Å². The van der Waals surface area contributed by atoms with Gasteiger partial charge in [-0.05, 0) is 50.0 Å². The Labute approximate surface area is 143 Å². The molecule has 132 valence electrons. The van der Waals surface area contributed by atoms with Gasteiger partial charge in [0.1, 0.15) is 0 Å². The van der Waals surface area contributed by atoms with Gasteiger partial charge in [0.05, 0.1) is 25.9 Å². The number of pyridine rings is 1. The Balaban J connectivity index is 1.48. The fourth-order valence-electron chi connectivity index (χ4n) is 3.64. The second-order valence-corrected chi connectivity index (χ2v) is 6.81. The number of carbonyl (C=O) groups is 1. The average molecular weight is 333 g/mol. The number of aliphatic hydroxyl groups excluding tert-OH is 1. The molecule has 3 rings (SSSR count). The van der Waals surface area contributed by atoms with Gasteiger partial charge in [-0.15, -0.1) is 0 Å². The molecule has 2 atom stereocenters. The van der Waals surface area contributed by atoms with Crippen LogP contribution in [-0.4, -0.2) is 66.4 Å². The highest BCUT2D eigenvalue weighted by atomic mass is 16.5. The lowest BCUT2D eigenvalue weighted by Gasteiger charge is -2.31. The van der Waals surface area contributed by atoms with E-state index < -0.39 is 0 Å². The molecule has 1 aromatic rings. The van der Waals surface area contributed by atoms with Crippen LogP contribution in [0.1, 0.15) is 18.4 Å².